The molecule has 0 atom stereocenters. The van der Waals surface area contributed by atoms with Crippen molar-refractivity contribution in [2.24, 2.45) is 0 Å². The van der Waals surface area contributed by atoms with Gasteiger partial charge in [0.1, 0.15) is 10.7 Å². The van der Waals surface area contributed by atoms with E-state index in [0.29, 0.717) is 18.7 Å². The molecule has 84 valence electrons. The third-order valence-electron chi connectivity index (χ3n) is 2.10. The fourth-order valence-corrected chi connectivity index (χ4v) is 1.78. The number of halogens is 1. The maximum Gasteiger partial charge on any atom is 0.340 e. The van der Waals surface area contributed by atoms with E-state index in [1.54, 1.807) is 4.68 Å². The Hall–Kier alpha value is -1.03. The molecule has 0 radical (unpaired) electrons. The van der Waals surface area contributed by atoms with Crippen LogP contribution in [0.5, 0.6) is 0 Å². The zero-order valence-electron chi connectivity index (χ0n) is 8.96. The molecule has 5 heteroatoms. The Morgan fingerprint density at radius 2 is 2.13 bits per heavy atom. The summed E-state index contributed by atoms with van der Waals surface area (Å²) in [5, 5.41) is 13.5. The van der Waals surface area contributed by atoms with Crippen molar-refractivity contribution in [3.05, 3.63) is 16.4 Å². The van der Waals surface area contributed by atoms with Crippen LogP contribution in [0.25, 0.3) is 0 Å². The third kappa shape index (κ3) is 2.50. The molecule has 1 rings (SSSR count). The molecule has 0 aliphatic carbocycles. The number of carboxylic acids is 1. The largest absolute Gasteiger partial charge is 0.478 e. The zero-order chi connectivity index (χ0) is 11.4. The molecule has 0 aliphatic rings. The van der Waals surface area contributed by atoms with Gasteiger partial charge in [-0.1, -0.05) is 31.9 Å². The Bertz CT molecular complexity index is 361. The number of aromatic carboxylic acids is 1. The molecule has 1 N–H and O–H groups in total. The fourth-order valence-electron chi connectivity index (χ4n) is 1.47. The van der Waals surface area contributed by atoms with Crippen molar-refractivity contribution in [3.63, 3.8) is 0 Å². The molecular formula is C10H15ClN2O2. The first-order chi connectivity index (χ1) is 7.11. The lowest BCUT2D eigenvalue weighted by molar-refractivity contribution is 0.0696. The second-order valence-corrected chi connectivity index (χ2v) is 3.75. The van der Waals surface area contributed by atoms with Crippen LogP contribution in [0.4, 0.5) is 0 Å². The van der Waals surface area contributed by atoms with Crippen molar-refractivity contribution < 1.29 is 9.90 Å². The van der Waals surface area contributed by atoms with Crippen LogP contribution in [-0.2, 0) is 13.0 Å². The Balaban J connectivity index is 3.13. The molecule has 0 saturated carbocycles. The van der Waals surface area contributed by atoms with Crippen LogP contribution in [0, 0.1) is 0 Å². The molecule has 0 fully saturated rings. The molecule has 0 aliphatic heterocycles. The van der Waals surface area contributed by atoms with Gasteiger partial charge >= 0.3 is 5.97 Å². The van der Waals surface area contributed by atoms with Crippen LogP contribution in [0.1, 0.15) is 42.7 Å². The van der Waals surface area contributed by atoms with Crippen LogP contribution in [0.15, 0.2) is 0 Å². The van der Waals surface area contributed by atoms with Crippen molar-refractivity contribution in [1.82, 2.24) is 9.78 Å². The van der Waals surface area contributed by atoms with Crippen molar-refractivity contribution in [3.8, 4) is 0 Å². The predicted molar refractivity (Wildman–Crippen MR) is 58.5 cm³/mol. The number of aryl methyl sites for hydroxylation is 2. The van der Waals surface area contributed by atoms with Gasteiger partial charge in [0.2, 0.25) is 0 Å². The summed E-state index contributed by atoms with van der Waals surface area (Å²) in [5.74, 6) is -0.995. The first kappa shape index (κ1) is 12.0. The molecule has 0 saturated heterocycles. The highest BCUT2D eigenvalue weighted by Gasteiger charge is 2.20. The van der Waals surface area contributed by atoms with Crippen molar-refractivity contribution in [2.45, 2.75) is 39.7 Å². The summed E-state index contributed by atoms with van der Waals surface area (Å²) in [5.41, 5.74) is 0.746. The summed E-state index contributed by atoms with van der Waals surface area (Å²) in [6, 6.07) is 0. The lowest BCUT2D eigenvalue weighted by atomic mass is 10.2. The minimum absolute atomic E-state index is 0.159. The summed E-state index contributed by atoms with van der Waals surface area (Å²) in [6.07, 6.45) is 2.39. The smallest absolute Gasteiger partial charge is 0.340 e. The lowest BCUT2D eigenvalue weighted by Crippen LogP contribution is -2.01. The van der Waals surface area contributed by atoms with E-state index in [0.717, 1.165) is 12.8 Å². The van der Waals surface area contributed by atoms with Gasteiger partial charge in [-0.3, -0.25) is 4.68 Å². The monoisotopic (exact) mass is 230 g/mol. The summed E-state index contributed by atoms with van der Waals surface area (Å²) in [7, 11) is 0. The number of carboxylic acid groups (broad SMARTS) is 1. The molecule has 1 aromatic rings. The maximum atomic E-state index is 11.0. The van der Waals surface area contributed by atoms with Crippen molar-refractivity contribution >= 4 is 17.6 Å². The van der Waals surface area contributed by atoms with Gasteiger partial charge in [0.05, 0.1) is 5.69 Å². The Kier molecular flexibility index (Phi) is 4.15. The van der Waals surface area contributed by atoms with Gasteiger partial charge in [-0.05, 0) is 12.8 Å². The highest BCUT2D eigenvalue weighted by molar-refractivity contribution is 6.32. The van der Waals surface area contributed by atoms with E-state index in [9.17, 15) is 4.79 Å². The third-order valence-corrected chi connectivity index (χ3v) is 2.48. The van der Waals surface area contributed by atoms with Crippen molar-refractivity contribution in [1.29, 1.82) is 0 Å². The molecule has 0 aromatic carbocycles. The number of aromatic nitrogens is 2. The average Bonchev–Trinajstić information content (AvgIpc) is 2.45. The van der Waals surface area contributed by atoms with Gasteiger partial charge in [0.25, 0.3) is 0 Å². The van der Waals surface area contributed by atoms with Gasteiger partial charge in [-0.15, -0.1) is 0 Å². The summed E-state index contributed by atoms with van der Waals surface area (Å²) < 4.78 is 1.57. The molecule has 0 unspecified atom stereocenters. The van der Waals surface area contributed by atoms with E-state index in [1.807, 2.05) is 13.8 Å². The standard InChI is InChI=1S/C10H15ClN2O2/c1-3-5-7-8(10(14)15)9(11)13(12-7)6-4-2/h3-6H2,1-2H3,(H,14,15). The van der Waals surface area contributed by atoms with Crippen LogP contribution in [-0.4, -0.2) is 20.9 Å². The van der Waals surface area contributed by atoms with Gasteiger partial charge in [-0.25, -0.2) is 4.79 Å². The number of carbonyl (C=O) groups is 1. The van der Waals surface area contributed by atoms with E-state index in [4.69, 9.17) is 16.7 Å². The first-order valence-corrected chi connectivity index (χ1v) is 5.48. The second kappa shape index (κ2) is 5.16. The molecule has 1 heterocycles. The van der Waals surface area contributed by atoms with E-state index in [1.165, 1.54) is 0 Å². The highest BCUT2D eigenvalue weighted by atomic mass is 35.5. The Morgan fingerprint density at radius 3 is 2.60 bits per heavy atom. The summed E-state index contributed by atoms with van der Waals surface area (Å²) in [4.78, 5) is 11.0. The Labute approximate surface area is 93.9 Å². The van der Waals surface area contributed by atoms with Gasteiger partial charge in [0.15, 0.2) is 0 Å². The maximum absolute atomic E-state index is 11.0. The number of nitrogens with zero attached hydrogens (tertiary/aromatic N) is 2. The minimum Gasteiger partial charge on any atom is -0.478 e. The fraction of sp³-hybridized carbons (Fsp3) is 0.600. The van der Waals surface area contributed by atoms with Gasteiger partial charge in [0, 0.05) is 6.54 Å². The van der Waals surface area contributed by atoms with E-state index in [2.05, 4.69) is 5.10 Å². The molecular weight excluding hydrogens is 216 g/mol. The van der Waals surface area contributed by atoms with Gasteiger partial charge < -0.3 is 5.11 Å². The quantitative estimate of drug-likeness (QED) is 0.846. The molecule has 1 aromatic heterocycles. The van der Waals surface area contributed by atoms with Crippen LogP contribution >= 0.6 is 11.6 Å². The van der Waals surface area contributed by atoms with Gasteiger partial charge in [-0.2, -0.15) is 5.10 Å². The molecule has 4 nitrogen and oxygen atoms in total. The topological polar surface area (TPSA) is 55.1 Å². The summed E-state index contributed by atoms with van der Waals surface area (Å²) in [6.45, 7) is 4.64. The number of rotatable bonds is 5. The minimum atomic E-state index is -0.995. The zero-order valence-corrected chi connectivity index (χ0v) is 9.71. The first-order valence-electron chi connectivity index (χ1n) is 5.10. The van der Waals surface area contributed by atoms with E-state index >= 15 is 0 Å². The SMILES string of the molecule is CCCc1nn(CCC)c(Cl)c1C(=O)O. The van der Waals surface area contributed by atoms with Crippen molar-refractivity contribution in [2.75, 3.05) is 0 Å². The molecule has 0 amide bonds. The number of hydrogen-bond acceptors (Lipinski definition) is 2. The predicted octanol–water partition coefficient (Wildman–Crippen LogP) is 2.60. The Morgan fingerprint density at radius 1 is 1.47 bits per heavy atom. The van der Waals surface area contributed by atoms with Crippen LogP contribution in [0.3, 0.4) is 0 Å². The van der Waals surface area contributed by atoms with Crippen LogP contribution in [0.2, 0.25) is 5.15 Å². The molecule has 0 spiro atoms. The molecule has 15 heavy (non-hydrogen) atoms. The van der Waals surface area contributed by atoms with Crippen LogP contribution < -0.4 is 0 Å². The average molecular weight is 231 g/mol. The highest BCUT2D eigenvalue weighted by Crippen LogP contribution is 2.21. The molecule has 0 bridgehead atoms. The van der Waals surface area contributed by atoms with E-state index in [-0.39, 0.29) is 10.7 Å². The second-order valence-electron chi connectivity index (χ2n) is 3.39. The lowest BCUT2D eigenvalue weighted by Gasteiger charge is -1.98. The normalized spacial score (nSPS) is 10.6. The number of hydrogen-bond donors (Lipinski definition) is 1. The summed E-state index contributed by atoms with van der Waals surface area (Å²) >= 11 is 5.96. The van der Waals surface area contributed by atoms with E-state index < -0.39 is 5.97 Å².